The number of carbonyl (C=O) groups is 1. The van der Waals surface area contributed by atoms with E-state index < -0.39 is 30.1 Å². The number of benzene rings is 1. The molecule has 1 heterocycles. The van der Waals surface area contributed by atoms with Crippen molar-refractivity contribution in [2.24, 2.45) is 7.05 Å². The van der Waals surface area contributed by atoms with Crippen LogP contribution in [0, 0.1) is 0 Å². The van der Waals surface area contributed by atoms with Crippen LogP contribution in [-0.4, -0.2) is 22.2 Å². The standard InChI is InChI=1S/C14H12F5N3O/c1-22-10(6-7-20-22)11(12(23)21-13(15)16)8-2-4-9(5-3-8)14(17,18)19/h2-7,11,13H,1H3,(H,21,23). The van der Waals surface area contributed by atoms with Crippen molar-refractivity contribution in [2.75, 3.05) is 0 Å². The van der Waals surface area contributed by atoms with Crippen LogP contribution in [0.5, 0.6) is 0 Å². The molecule has 1 amide bonds. The molecule has 0 fully saturated rings. The van der Waals surface area contributed by atoms with Gasteiger partial charge in [-0.05, 0) is 23.8 Å². The molecule has 124 valence electrons. The molecule has 0 aliphatic rings. The number of nitrogens with zero attached hydrogens (tertiary/aromatic N) is 2. The maximum atomic E-state index is 12.6. The number of halogens is 5. The Morgan fingerprint density at radius 2 is 1.78 bits per heavy atom. The number of aryl methyl sites for hydroxylation is 1. The molecule has 0 spiro atoms. The third-order valence-corrected chi connectivity index (χ3v) is 3.24. The van der Waals surface area contributed by atoms with Crippen molar-refractivity contribution >= 4 is 5.91 Å². The zero-order valence-corrected chi connectivity index (χ0v) is 11.8. The number of carbonyl (C=O) groups excluding carboxylic acids is 1. The maximum absolute atomic E-state index is 12.6. The predicted molar refractivity (Wildman–Crippen MR) is 70.6 cm³/mol. The van der Waals surface area contributed by atoms with Crippen LogP contribution in [0.4, 0.5) is 22.0 Å². The molecule has 1 atom stereocenters. The van der Waals surface area contributed by atoms with E-state index in [0.717, 1.165) is 24.3 Å². The zero-order chi connectivity index (χ0) is 17.2. The van der Waals surface area contributed by atoms with Crippen LogP contribution in [0.15, 0.2) is 36.5 Å². The number of nitrogens with one attached hydrogen (secondary N) is 1. The highest BCUT2D eigenvalue weighted by Gasteiger charge is 2.32. The highest BCUT2D eigenvalue weighted by molar-refractivity contribution is 5.86. The number of aromatic nitrogens is 2. The van der Waals surface area contributed by atoms with Gasteiger partial charge in [-0.15, -0.1) is 0 Å². The molecule has 2 aromatic rings. The van der Waals surface area contributed by atoms with Gasteiger partial charge >= 0.3 is 12.7 Å². The van der Waals surface area contributed by atoms with Crippen molar-refractivity contribution in [1.29, 1.82) is 0 Å². The van der Waals surface area contributed by atoms with Gasteiger partial charge in [-0.2, -0.15) is 27.1 Å². The molecule has 0 radical (unpaired) electrons. The van der Waals surface area contributed by atoms with Crippen molar-refractivity contribution in [3.05, 3.63) is 53.3 Å². The minimum Gasteiger partial charge on any atom is -0.299 e. The van der Waals surface area contributed by atoms with Crippen LogP contribution in [0.25, 0.3) is 0 Å². The third kappa shape index (κ3) is 3.85. The Bertz CT molecular complexity index is 678. The van der Waals surface area contributed by atoms with Gasteiger partial charge in [-0.3, -0.25) is 14.8 Å². The first-order valence-corrected chi connectivity index (χ1v) is 6.43. The molecule has 1 aromatic carbocycles. The summed E-state index contributed by atoms with van der Waals surface area (Å²) < 4.78 is 63.9. The lowest BCUT2D eigenvalue weighted by Gasteiger charge is -2.18. The van der Waals surface area contributed by atoms with Crippen molar-refractivity contribution in [3.63, 3.8) is 0 Å². The first kappa shape index (κ1) is 16.9. The Balaban J connectivity index is 2.42. The van der Waals surface area contributed by atoms with E-state index in [2.05, 4.69) is 5.10 Å². The van der Waals surface area contributed by atoms with Gasteiger partial charge in [0, 0.05) is 13.2 Å². The van der Waals surface area contributed by atoms with E-state index in [1.165, 1.54) is 29.3 Å². The summed E-state index contributed by atoms with van der Waals surface area (Å²) in [5, 5.41) is 5.32. The molecule has 9 heteroatoms. The minimum atomic E-state index is -4.52. The van der Waals surface area contributed by atoms with Gasteiger partial charge in [-0.1, -0.05) is 12.1 Å². The number of hydrogen-bond acceptors (Lipinski definition) is 2. The number of hydrogen-bond donors (Lipinski definition) is 1. The predicted octanol–water partition coefficient (Wildman–Crippen LogP) is 2.91. The lowest BCUT2D eigenvalue weighted by atomic mass is 9.93. The van der Waals surface area contributed by atoms with E-state index in [-0.39, 0.29) is 11.3 Å². The molecule has 1 N–H and O–H groups in total. The lowest BCUT2D eigenvalue weighted by molar-refractivity contribution is -0.137. The Morgan fingerprint density at radius 3 is 2.22 bits per heavy atom. The zero-order valence-electron chi connectivity index (χ0n) is 11.8. The van der Waals surface area contributed by atoms with Gasteiger partial charge in [0.25, 0.3) is 0 Å². The summed E-state index contributed by atoms with van der Waals surface area (Å²) in [6, 6.07) is 5.22. The van der Waals surface area contributed by atoms with Gasteiger partial charge in [0.05, 0.1) is 11.3 Å². The van der Waals surface area contributed by atoms with Crippen LogP contribution in [0.2, 0.25) is 0 Å². The summed E-state index contributed by atoms with van der Waals surface area (Å²) in [5.74, 6) is -2.22. The van der Waals surface area contributed by atoms with E-state index in [0.29, 0.717) is 0 Å². The van der Waals surface area contributed by atoms with Gasteiger partial charge in [0.15, 0.2) is 0 Å². The molecular weight excluding hydrogens is 321 g/mol. The molecule has 0 aliphatic carbocycles. The van der Waals surface area contributed by atoms with Gasteiger partial charge in [0.2, 0.25) is 5.91 Å². The first-order chi connectivity index (χ1) is 10.7. The molecule has 1 unspecified atom stereocenters. The fraction of sp³-hybridized carbons (Fsp3) is 0.286. The van der Waals surface area contributed by atoms with Gasteiger partial charge < -0.3 is 0 Å². The van der Waals surface area contributed by atoms with Crippen LogP contribution in [0.3, 0.4) is 0 Å². The van der Waals surface area contributed by atoms with Gasteiger partial charge in [-0.25, -0.2) is 0 Å². The molecule has 0 saturated heterocycles. The SMILES string of the molecule is Cn1nccc1C(C(=O)NC(F)F)c1ccc(C(F)(F)F)cc1. The quantitative estimate of drug-likeness (QED) is 0.691. The smallest absolute Gasteiger partial charge is 0.299 e. The van der Waals surface area contributed by atoms with Crippen LogP contribution >= 0.6 is 0 Å². The second-order valence-corrected chi connectivity index (χ2v) is 4.74. The first-order valence-electron chi connectivity index (χ1n) is 6.43. The van der Waals surface area contributed by atoms with Gasteiger partial charge in [0.1, 0.15) is 5.92 Å². The van der Waals surface area contributed by atoms with E-state index in [1.807, 2.05) is 0 Å². The molecule has 1 aromatic heterocycles. The number of amides is 1. The Labute approximate surface area is 127 Å². The highest BCUT2D eigenvalue weighted by atomic mass is 19.4. The van der Waals surface area contributed by atoms with Crippen LogP contribution < -0.4 is 5.32 Å². The molecular formula is C14H12F5N3O. The van der Waals surface area contributed by atoms with Crippen LogP contribution in [0.1, 0.15) is 22.7 Å². The van der Waals surface area contributed by atoms with Crippen molar-refractivity contribution in [3.8, 4) is 0 Å². The minimum absolute atomic E-state index is 0.153. The fourth-order valence-electron chi connectivity index (χ4n) is 2.18. The monoisotopic (exact) mass is 333 g/mol. The molecule has 0 aliphatic heterocycles. The Hall–Kier alpha value is -2.45. The van der Waals surface area contributed by atoms with Crippen molar-refractivity contribution in [1.82, 2.24) is 15.1 Å². The molecule has 0 saturated carbocycles. The van der Waals surface area contributed by atoms with E-state index in [9.17, 15) is 26.7 Å². The summed E-state index contributed by atoms with van der Waals surface area (Å²) >= 11 is 0. The molecule has 4 nitrogen and oxygen atoms in total. The lowest BCUT2D eigenvalue weighted by Crippen LogP contribution is -2.34. The summed E-state index contributed by atoms with van der Waals surface area (Å²) in [4.78, 5) is 12.0. The average molecular weight is 333 g/mol. The Morgan fingerprint density at radius 1 is 1.17 bits per heavy atom. The van der Waals surface area contributed by atoms with Crippen LogP contribution in [-0.2, 0) is 18.0 Å². The van der Waals surface area contributed by atoms with Crippen molar-refractivity contribution in [2.45, 2.75) is 18.6 Å². The van der Waals surface area contributed by atoms with E-state index >= 15 is 0 Å². The van der Waals surface area contributed by atoms with E-state index in [1.54, 1.807) is 0 Å². The fourth-order valence-corrected chi connectivity index (χ4v) is 2.18. The molecule has 23 heavy (non-hydrogen) atoms. The average Bonchev–Trinajstić information content (AvgIpc) is 2.84. The largest absolute Gasteiger partial charge is 0.416 e. The highest BCUT2D eigenvalue weighted by Crippen LogP contribution is 2.31. The topological polar surface area (TPSA) is 46.9 Å². The second kappa shape index (κ2) is 6.35. The summed E-state index contributed by atoms with van der Waals surface area (Å²) in [6.45, 7) is -3.08. The molecule has 2 rings (SSSR count). The summed E-state index contributed by atoms with van der Waals surface area (Å²) in [5.41, 5.74) is -0.457. The third-order valence-electron chi connectivity index (χ3n) is 3.24. The number of alkyl halides is 5. The maximum Gasteiger partial charge on any atom is 0.416 e. The summed E-state index contributed by atoms with van der Waals surface area (Å²) in [6.07, 6.45) is -3.16. The summed E-state index contributed by atoms with van der Waals surface area (Å²) in [7, 11) is 1.50. The Kier molecular flexibility index (Phi) is 4.67. The van der Waals surface area contributed by atoms with Crippen molar-refractivity contribution < 1.29 is 26.7 Å². The number of rotatable bonds is 4. The van der Waals surface area contributed by atoms with E-state index in [4.69, 9.17) is 0 Å². The molecule has 0 bridgehead atoms. The normalized spacial score (nSPS) is 13.2. The second-order valence-electron chi connectivity index (χ2n) is 4.74.